The maximum atomic E-state index is 12.2. The van der Waals surface area contributed by atoms with Gasteiger partial charge in [-0.2, -0.15) is 0 Å². The third-order valence-corrected chi connectivity index (χ3v) is 4.10. The molecular weight excluding hydrogens is 272 g/mol. The Hall–Kier alpha value is -2.40. The molecule has 1 N–H and O–H groups in total. The van der Waals surface area contributed by atoms with Gasteiger partial charge in [0.05, 0.1) is 11.0 Å². The quantitative estimate of drug-likeness (QED) is 0.804. The molecule has 0 aliphatic carbocycles. The Morgan fingerprint density at radius 3 is 2.40 bits per heavy atom. The number of hydrogen-bond acceptors (Lipinski definition) is 3. The van der Waals surface area contributed by atoms with Crippen molar-refractivity contribution in [2.75, 3.05) is 0 Å². The largest absolute Gasteiger partial charge is 0.328 e. The Labute approximate surface area is 116 Å². The van der Waals surface area contributed by atoms with Gasteiger partial charge in [0.1, 0.15) is 0 Å². The van der Waals surface area contributed by atoms with Crippen LogP contribution in [0, 0.1) is 0 Å². The number of nitrogens with zero attached hydrogens (tertiary/aromatic N) is 1. The molecule has 0 bridgehead atoms. The number of aromatic amines is 1. The zero-order valence-corrected chi connectivity index (χ0v) is 11.3. The number of aromatic nitrogens is 2. The zero-order valence-electron chi connectivity index (χ0n) is 10.5. The summed E-state index contributed by atoms with van der Waals surface area (Å²) in [6.45, 7) is 0. The van der Waals surface area contributed by atoms with E-state index in [0.29, 0.717) is 11.0 Å². The Balaban J connectivity index is 1.97. The van der Waals surface area contributed by atoms with Crippen LogP contribution >= 0.6 is 0 Å². The van der Waals surface area contributed by atoms with Crippen LogP contribution in [0.2, 0.25) is 0 Å². The molecule has 100 valence electrons. The average molecular weight is 284 g/mol. The van der Waals surface area contributed by atoms with Gasteiger partial charge in [-0.05, 0) is 23.8 Å². The molecule has 1 aromatic heterocycles. The lowest BCUT2D eigenvalue weighted by Gasteiger charge is -1.93. The normalized spacial score (nSPS) is 12.2. The maximum Gasteiger partial charge on any atom is 0.233 e. The molecule has 20 heavy (non-hydrogen) atoms. The average Bonchev–Trinajstić information content (AvgIpc) is 2.91. The van der Waals surface area contributed by atoms with E-state index in [2.05, 4.69) is 9.97 Å². The third-order valence-electron chi connectivity index (χ3n) is 2.88. The second-order valence-electron chi connectivity index (χ2n) is 4.32. The number of rotatable bonds is 3. The Morgan fingerprint density at radius 1 is 0.950 bits per heavy atom. The molecule has 4 nitrogen and oxygen atoms in total. The Bertz CT molecular complexity index is 832. The predicted octanol–water partition coefficient (Wildman–Crippen LogP) is 3.01. The number of imidazole rings is 1. The lowest BCUT2D eigenvalue weighted by Crippen LogP contribution is -1.98. The molecule has 3 aromatic rings. The van der Waals surface area contributed by atoms with Crippen LogP contribution in [0.4, 0.5) is 0 Å². The smallest absolute Gasteiger partial charge is 0.233 e. The second kappa shape index (κ2) is 4.94. The number of fused-ring (bicyclic) bond motifs is 1. The summed E-state index contributed by atoms with van der Waals surface area (Å²) in [7, 11) is -3.57. The summed E-state index contributed by atoms with van der Waals surface area (Å²) in [5.74, 6) is 0. The minimum atomic E-state index is -3.57. The van der Waals surface area contributed by atoms with E-state index >= 15 is 0 Å². The highest BCUT2D eigenvalue weighted by atomic mass is 32.2. The number of H-pyrrole nitrogens is 1. The van der Waals surface area contributed by atoms with Crippen LogP contribution in [-0.4, -0.2) is 18.4 Å². The highest BCUT2D eigenvalue weighted by molar-refractivity contribution is 7.94. The number of nitrogens with one attached hydrogen (secondary N) is 1. The molecule has 0 aliphatic rings. The molecule has 0 aliphatic heterocycles. The lowest BCUT2D eigenvalue weighted by atomic mass is 10.2. The van der Waals surface area contributed by atoms with Crippen LogP contribution in [0.5, 0.6) is 0 Å². The fourth-order valence-electron chi connectivity index (χ4n) is 1.86. The fourth-order valence-corrected chi connectivity index (χ4v) is 2.80. The summed E-state index contributed by atoms with van der Waals surface area (Å²) < 4.78 is 24.4. The molecule has 0 radical (unpaired) electrons. The lowest BCUT2D eigenvalue weighted by molar-refractivity contribution is 0.598. The second-order valence-corrected chi connectivity index (χ2v) is 6.07. The van der Waals surface area contributed by atoms with Crippen LogP contribution in [0.15, 0.2) is 65.2 Å². The summed E-state index contributed by atoms with van der Waals surface area (Å²) >= 11 is 0. The molecule has 2 aromatic carbocycles. The van der Waals surface area contributed by atoms with Crippen molar-refractivity contribution in [2.24, 2.45) is 0 Å². The van der Waals surface area contributed by atoms with Gasteiger partial charge in [0, 0.05) is 5.41 Å². The minimum Gasteiger partial charge on any atom is -0.328 e. The van der Waals surface area contributed by atoms with Gasteiger partial charge in [0.25, 0.3) is 0 Å². The number of hydrogen-bond donors (Lipinski definition) is 1. The first-order valence-electron chi connectivity index (χ1n) is 6.08. The van der Waals surface area contributed by atoms with Crippen LogP contribution in [0.25, 0.3) is 17.1 Å². The van der Waals surface area contributed by atoms with Crippen molar-refractivity contribution in [1.29, 1.82) is 0 Å². The Morgan fingerprint density at radius 2 is 1.65 bits per heavy atom. The summed E-state index contributed by atoms with van der Waals surface area (Å²) in [4.78, 5) is 6.92. The number of benzene rings is 2. The minimum absolute atomic E-state index is 0.0362. The fraction of sp³-hybridized carbons (Fsp3) is 0. The zero-order chi connectivity index (χ0) is 14.0. The van der Waals surface area contributed by atoms with Gasteiger partial charge in [-0.3, -0.25) is 0 Å². The summed E-state index contributed by atoms with van der Waals surface area (Å²) in [5, 5.41) is 1.13. The number of para-hydroxylation sites is 2. The van der Waals surface area contributed by atoms with Crippen molar-refractivity contribution >= 4 is 26.9 Å². The summed E-state index contributed by atoms with van der Waals surface area (Å²) in [6.07, 6.45) is 1.56. The van der Waals surface area contributed by atoms with Crippen LogP contribution in [-0.2, 0) is 9.84 Å². The molecule has 0 fully saturated rings. The molecule has 3 rings (SSSR count). The van der Waals surface area contributed by atoms with E-state index in [1.807, 2.05) is 42.5 Å². The van der Waals surface area contributed by atoms with E-state index in [1.54, 1.807) is 18.2 Å². The van der Waals surface area contributed by atoms with E-state index in [4.69, 9.17) is 0 Å². The van der Waals surface area contributed by atoms with Gasteiger partial charge in [0.15, 0.2) is 0 Å². The molecular formula is C15H12N2O2S. The first-order chi connectivity index (χ1) is 9.65. The summed E-state index contributed by atoms with van der Waals surface area (Å²) in [5.41, 5.74) is 2.17. The monoisotopic (exact) mass is 284 g/mol. The van der Waals surface area contributed by atoms with Crippen LogP contribution in [0.3, 0.4) is 0 Å². The van der Waals surface area contributed by atoms with Crippen molar-refractivity contribution < 1.29 is 8.42 Å². The predicted molar refractivity (Wildman–Crippen MR) is 78.8 cm³/mol. The number of sulfone groups is 1. The van der Waals surface area contributed by atoms with Gasteiger partial charge < -0.3 is 4.98 Å². The summed E-state index contributed by atoms with van der Waals surface area (Å²) in [6, 6.07) is 16.5. The first-order valence-corrected chi connectivity index (χ1v) is 7.63. The van der Waals surface area contributed by atoms with Gasteiger partial charge in [0.2, 0.25) is 15.0 Å². The van der Waals surface area contributed by atoms with Gasteiger partial charge in [-0.1, -0.05) is 42.5 Å². The van der Waals surface area contributed by atoms with E-state index in [1.165, 1.54) is 5.41 Å². The van der Waals surface area contributed by atoms with Crippen molar-refractivity contribution in [1.82, 2.24) is 9.97 Å². The SMILES string of the molecule is O=S(=O)(/C=C\c1ccccc1)c1nc2ccccc2[nH]1. The van der Waals surface area contributed by atoms with Crippen molar-refractivity contribution in [3.05, 3.63) is 65.6 Å². The standard InChI is InChI=1S/C15H12N2O2S/c18-20(19,11-10-12-6-2-1-3-7-12)15-16-13-8-4-5-9-14(13)17-15/h1-11H,(H,16,17)/b11-10-. The van der Waals surface area contributed by atoms with Crippen LogP contribution in [0.1, 0.15) is 5.56 Å². The van der Waals surface area contributed by atoms with Gasteiger partial charge in [-0.15, -0.1) is 0 Å². The maximum absolute atomic E-state index is 12.2. The molecule has 0 saturated carbocycles. The van der Waals surface area contributed by atoms with E-state index in [-0.39, 0.29) is 5.16 Å². The van der Waals surface area contributed by atoms with Gasteiger partial charge in [-0.25, -0.2) is 13.4 Å². The molecule has 1 heterocycles. The van der Waals surface area contributed by atoms with E-state index in [9.17, 15) is 8.42 Å². The first kappa shape index (κ1) is 12.6. The highest BCUT2D eigenvalue weighted by Crippen LogP contribution is 2.16. The third kappa shape index (κ3) is 2.48. The molecule has 0 amide bonds. The molecule has 5 heteroatoms. The van der Waals surface area contributed by atoms with Crippen molar-refractivity contribution in [3.63, 3.8) is 0 Å². The van der Waals surface area contributed by atoms with E-state index < -0.39 is 9.84 Å². The van der Waals surface area contributed by atoms with Crippen molar-refractivity contribution in [2.45, 2.75) is 5.16 Å². The highest BCUT2D eigenvalue weighted by Gasteiger charge is 2.15. The van der Waals surface area contributed by atoms with Crippen LogP contribution < -0.4 is 0 Å². The topological polar surface area (TPSA) is 62.8 Å². The van der Waals surface area contributed by atoms with E-state index in [0.717, 1.165) is 5.56 Å². The Kier molecular flexibility index (Phi) is 3.12. The molecule has 0 saturated heterocycles. The van der Waals surface area contributed by atoms with Gasteiger partial charge >= 0.3 is 0 Å². The van der Waals surface area contributed by atoms with Crippen molar-refractivity contribution in [3.8, 4) is 0 Å². The molecule has 0 atom stereocenters. The molecule has 0 unspecified atom stereocenters. The molecule has 0 spiro atoms.